The van der Waals surface area contributed by atoms with E-state index in [1.165, 1.54) is 0 Å². The summed E-state index contributed by atoms with van der Waals surface area (Å²) < 4.78 is 5.77. The van der Waals surface area contributed by atoms with Crippen LogP contribution in [0.1, 0.15) is 33.3 Å². The molecule has 0 radical (unpaired) electrons. The highest BCUT2D eigenvalue weighted by Crippen LogP contribution is 2.19. The fraction of sp³-hybridized carbons (Fsp3) is 0.684. The Morgan fingerprint density at radius 3 is 2.78 bits per heavy atom. The summed E-state index contributed by atoms with van der Waals surface area (Å²) in [5.74, 6) is 1.86. The van der Waals surface area contributed by atoms with Gasteiger partial charge in [-0.3, -0.25) is 0 Å². The van der Waals surface area contributed by atoms with Crippen LogP contribution in [-0.4, -0.2) is 60.8 Å². The van der Waals surface area contributed by atoms with Gasteiger partial charge in [0.15, 0.2) is 5.96 Å². The van der Waals surface area contributed by atoms with Gasteiger partial charge in [0.25, 0.3) is 0 Å². The lowest BCUT2D eigenvalue weighted by atomic mass is 10.2. The van der Waals surface area contributed by atoms with Gasteiger partial charge in [0, 0.05) is 37.1 Å². The molecule has 1 aromatic heterocycles. The third-order valence-electron chi connectivity index (χ3n) is 4.37. The van der Waals surface area contributed by atoms with E-state index in [9.17, 15) is 0 Å². The van der Waals surface area contributed by atoms with Gasteiger partial charge < -0.3 is 20.3 Å². The third kappa shape index (κ3) is 8.43. The number of thioether (sulfide) groups is 1. The predicted octanol–water partition coefficient (Wildman–Crippen LogP) is 3.12. The average molecular weight is 507 g/mol. The van der Waals surface area contributed by atoms with Crippen LogP contribution in [0, 0.1) is 0 Å². The number of rotatable bonds is 7. The molecule has 0 saturated carbocycles. The highest BCUT2D eigenvalue weighted by molar-refractivity contribution is 14.0. The zero-order chi connectivity index (χ0) is 19.0. The minimum atomic E-state index is 0. The summed E-state index contributed by atoms with van der Waals surface area (Å²) in [6, 6.07) is 4.20. The zero-order valence-electron chi connectivity index (χ0n) is 17.1. The topological polar surface area (TPSA) is 61.8 Å². The molecule has 1 aliphatic rings. The van der Waals surface area contributed by atoms with Crippen molar-refractivity contribution in [1.82, 2.24) is 15.6 Å². The average Bonchev–Trinajstić information content (AvgIpc) is 2.64. The van der Waals surface area contributed by atoms with E-state index in [4.69, 9.17) is 4.74 Å². The smallest absolute Gasteiger partial charge is 0.191 e. The largest absolute Gasteiger partial charge is 0.375 e. The Hall–Kier alpha value is -0.740. The molecule has 8 heteroatoms. The standard InChI is InChI=1S/C19H33N5OS.HI/c1-6-20-18(23-14-19(3,4)26-5)22-12-16-7-8-17(21-11-16)24-9-10-25-15(2)13-24;/h7-8,11,15H,6,9-10,12-14H2,1-5H3,(H2,20,22,23);1H. The van der Waals surface area contributed by atoms with Crippen LogP contribution in [0.15, 0.2) is 23.3 Å². The van der Waals surface area contributed by atoms with Crippen LogP contribution in [0.4, 0.5) is 5.82 Å². The number of halogens is 1. The minimum Gasteiger partial charge on any atom is -0.375 e. The predicted molar refractivity (Wildman–Crippen MR) is 128 cm³/mol. The number of pyridine rings is 1. The molecular weight excluding hydrogens is 473 g/mol. The molecule has 27 heavy (non-hydrogen) atoms. The second-order valence-corrected chi connectivity index (χ2v) is 8.68. The summed E-state index contributed by atoms with van der Waals surface area (Å²) in [5, 5.41) is 6.73. The zero-order valence-corrected chi connectivity index (χ0v) is 20.3. The SMILES string of the molecule is CCNC(=NCc1ccc(N2CCOC(C)C2)nc1)NCC(C)(C)SC.I. The molecule has 0 aromatic carbocycles. The first-order chi connectivity index (χ1) is 12.4. The van der Waals surface area contributed by atoms with Crippen molar-refractivity contribution >= 4 is 47.5 Å². The van der Waals surface area contributed by atoms with E-state index in [-0.39, 0.29) is 34.8 Å². The molecule has 1 atom stereocenters. The highest BCUT2D eigenvalue weighted by atomic mass is 127. The Morgan fingerprint density at radius 1 is 1.41 bits per heavy atom. The summed E-state index contributed by atoms with van der Waals surface area (Å²) in [5.41, 5.74) is 1.11. The van der Waals surface area contributed by atoms with Crippen LogP contribution in [0.25, 0.3) is 0 Å². The Balaban J connectivity index is 0.00000364. The van der Waals surface area contributed by atoms with Gasteiger partial charge in [-0.2, -0.15) is 11.8 Å². The van der Waals surface area contributed by atoms with E-state index < -0.39 is 0 Å². The van der Waals surface area contributed by atoms with Gasteiger partial charge in [-0.15, -0.1) is 24.0 Å². The fourth-order valence-corrected chi connectivity index (χ4v) is 2.82. The lowest BCUT2D eigenvalue weighted by Crippen LogP contribution is -2.43. The first-order valence-corrected chi connectivity index (χ1v) is 10.5. The normalized spacial score (nSPS) is 18.0. The van der Waals surface area contributed by atoms with E-state index in [0.717, 1.165) is 50.1 Å². The lowest BCUT2D eigenvalue weighted by molar-refractivity contribution is 0.0529. The molecule has 1 saturated heterocycles. The lowest BCUT2D eigenvalue weighted by Gasteiger charge is -2.32. The number of aromatic nitrogens is 1. The molecule has 1 aliphatic heterocycles. The van der Waals surface area contributed by atoms with Gasteiger partial charge in [-0.1, -0.05) is 6.07 Å². The van der Waals surface area contributed by atoms with Gasteiger partial charge in [0.1, 0.15) is 5.82 Å². The molecule has 2 heterocycles. The summed E-state index contributed by atoms with van der Waals surface area (Å²) in [6.07, 6.45) is 4.32. The number of guanidine groups is 1. The second-order valence-electron chi connectivity index (χ2n) is 7.16. The van der Waals surface area contributed by atoms with Gasteiger partial charge in [0.2, 0.25) is 0 Å². The molecule has 1 unspecified atom stereocenters. The van der Waals surface area contributed by atoms with Crippen molar-refractivity contribution in [2.75, 3.05) is 43.9 Å². The quantitative estimate of drug-likeness (QED) is 0.336. The fourth-order valence-electron chi connectivity index (χ4n) is 2.60. The summed E-state index contributed by atoms with van der Waals surface area (Å²) in [4.78, 5) is 11.6. The highest BCUT2D eigenvalue weighted by Gasteiger charge is 2.18. The number of morpholine rings is 1. The molecule has 2 N–H and O–H groups in total. The maximum Gasteiger partial charge on any atom is 0.191 e. The Bertz CT molecular complexity index is 582. The molecule has 1 fully saturated rings. The van der Waals surface area contributed by atoms with Crippen molar-refractivity contribution in [3.63, 3.8) is 0 Å². The summed E-state index contributed by atoms with van der Waals surface area (Å²) >= 11 is 1.85. The molecule has 1 aromatic rings. The van der Waals surface area contributed by atoms with Crippen molar-refractivity contribution < 1.29 is 4.74 Å². The number of anilines is 1. The first kappa shape index (κ1) is 24.3. The van der Waals surface area contributed by atoms with Crippen molar-refractivity contribution in [2.45, 2.75) is 45.1 Å². The van der Waals surface area contributed by atoms with E-state index in [0.29, 0.717) is 6.54 Å². The van der Waals surface area contributed by atoms with Crippen molar-refractivity contribution in [3.8, 4) is 0 Å². The number of nitrogens with one attached hydrogen (secondary N) is 2. The van der Waals surface area contributed by atoms with Gasteiger partial charge >= 0.3 is 0 Å². The molecule has 0 aliphatic carbocycles. The van der Waals surface area contributed by atoms with Crippen molar-refractivity contribution in [3.05, 3.63) is 23.9 Å². The van der Waals surface area contributed by atoms with Crippen LogP contribution in [0.3, 0.4) is 0 Å². The van der Waals surface area contributed by atoms with Crippen LogP contribution in [-0.2, 0) is 11.3 Å². The minimum absolute atomic E-state index is 0. The maximum atomic E-state index is 5.59. The molecule has 0 amide bonds. The van der Waals surface area contributed by atoms with Crippen molar-refractivity contribution in [2.24, 2.45) is 4.99 Å². The number of hydrogen-bond donors (Lipinski definition) is 2. The Morgan fingerprint density at radius 2 is 2.19 bits per heavy atom. The van der Waals surface area contributed by atoms with Gasteiger partial charge in [-0.05, 0) is 45.6 Å². The number of hydrogen-bond acceptors (Lipinski definition) is 5. The molecular formula is C19H34IN5OS. The van der Waals surface area contributed by atoms with Gasteiger partial charge in [-0.25, -0.2) is 9.98 Å². The van der Waals surface area contributed by atoms with Crippen LogP contribution in [0.5, 0.6) is 0 Å². The monoisotopic (exact) mass is 507 g/mol. The maximum absolute atomic E-state index is 5.59. The molecule has 0 bridgehead atoms. The van der Waals surface area contributed by atoms with Gasteiger partial charge in [0.05, 0.1) is 19.3 Å². The van der Waals surface area contributed by atoms with Crippen LogP contribution < -0.4 is 15.5 Å². The summed E-state index contributed by atoms with van der Waals surface area (Å²) in [6.45, 7) is 13.5. The second kappa shape index (κ2) is 12.0. The van der Waals surface area contributed by atoms with Crippen molar-refractivity contribution in [1.29, 1.82) is 0 Å². The third-order valence-corrected chi connectivity index (χ3v) is 5.62. The number of aliphatic imine (C=N–C) groups is 1. The Kier molecular flexibility index (Phi) is 10.8. The molecule has 6 nitrogen and oxygen atoms in total. The molecule has 2 rings (SSSR count). The van der Waals surface area contributed by atoms with E-state index in [1.807, 2.05) is 18.0 Å². The molecule has 154 valence electrons. The first-order valence-electron chi connectivity index (χ1n) is 9.32. The van der Waals surface area contributed by atoms with Crippen LogP contribution >= 0.6 is 35.7 Å². The Labute approximate surface area is 185 Å². The summed E-state index contributed by atoms with van der Waals surface area (Å²) in [7, 11) is 0. The van der Waals surface area contributed by atoms with E-state index in [2.05, 4.69) is 71.6 Å². The van der Waals surface area contributed by atoms with E-state index >= 15 is 0 Å². The molecule has 0 spiro atoms. The van der Waals surface area contributed by atoms with E-state index in [1.54, 1.807) is 0 Å². The van der Waals surface area contributed by atoms with Crippen LogP contribution in [0.2, 0.25) is 0 Å². The number of ether oxygens (including phenoxy) is 1. The number of nitrogens with zero attached hydrogens (tertiary/aromatic N) is 3.